The second-order valence-corrected chi connectivity index (χ2v) is 9.55. The number of nitrogens with zero attached hydrogens (tertiary/aromatic N) is 4. The van der Waals surface area contributed by atoms with E-state index in [9.17, 15) is 13.6 Å². The maximum atomic E-state index is 14.4. The number of aromatic nitrogens is 4. The zero-order valence-corrected chi connectivity index (χ0v) is 20.1. The van der Waals surface area contributed by atoms with E-state index >= 15 is 0 Å². The van der Waals surface area contributed by atoms with Crippen LogP contribution in [0, 0.1) is 5.92 Å². The van der Waals surface area contributed by atoms with Gasteiger partial charge in [0.05, 0.1) is 24.8 Å². The maximum absolute atomic E-state index is 14.4. The number of anilines is 2. The van der Waals surface area contributed by atoms with Gasteiger partial charge >= 0.3 is 5.92 Å². The van der Waals surface area contributed by atoms with Gasteiger partial charge in [-0.25, -0.2) is 19.9 Å². The highest BCUT2D eigenvalue weighted by atomic mass is 35.5. The fourth-order valence-electron chi connectivity index (χ4n) is 4.36. The van der Waals surface area contributed by atoms with Gasteiger partial charge in [0.2, 0.25) is 5.95 Å². The normalized spacial score (nSPS) is 20.5. The molecule has 3 N–H and O–H groups in total. The third kappa shape index (κ3) is 5.46. The van der Waals surface area contributed by atoms with Crippen LogP contribution in [-0.2, 0) is 15.5 Å². The molecule has 0 spiro atoms. The van der Waals surface area contributed by atoms with Gasteiger partial charge in [0.15, 0.2) is 5.15 Å². The molecule has 0 radical (unpaired) electrons. The highest BCUT2D eigenvalue weighted by Crippen LogP contribution is 2.29. The van der Waals surface area contributed by atoms with Gasteiger partial charge in [-0.3, -0.25) is 4.79 Å². The number of carbonyl (C=O) groups excluding carboxylic acids is 1. The maximum Gasteiger partial charge on any atom is 0.352 e. The van der Waals surface area contributed by atoms with E-state index in [1.807, 2.05) is 18.2 Å². The Hall–Kier alpha value is -3.18. The SMILES string of the molecule is O=C(NC1COC1)C(F)(F)c1cnc(NCC2CCC(Nc3ccc4ccnc(Cl)c4n3)CC2)nc1. The first-order valence-electron chi connectivity index (χ1n) is 11.9. The Morgan fingerprint density at radius 3 is 2.50 bits per heavy atom. The molecule has 1 amide bonds. The molecule has 1 aliphatic carbocycles. The lowest BCUT2D eigenvalue weighted by Gasteiger charge is -2.29. The Morgan fingerprint density at radius 1 is 1.06 bits per heavy atom. The second kappa shape index (κ2) is 10.4. The van der Waals surface area contributed by atoms with Gasteiger partial charge in [-0.2, -0.15) is 8.78 Å². The van der Waals surface area contributed by atoms with Crippen LogP contribution in [0.3, 0.4) is 0 Å². The second-order valence-electron chi connectivity index (χ2n) is 9.19. The van der Waals surface area contributed by atoms with Crippen LogP contribution in [-0.4, -0.2) is 57.7 Å². The van der Waals surface area contributed by atoms with Gasteiger partial charge in [0.1, 0.15) is 11.3 Å². The van der Waals surface area contributed by atoms with Crippen LogP contribution in [0.4, 0.5) is 20.5 Å². The van der Waals surface area contributed by atoms with Crippen molar-refractivity contribution in [1.82, 2.24) is 25.3 Å². The summed E-state index contributed by atoms with van der Waals surface area (Å²) in [6, 6.07) is 5.72. The molecular weight excluding hydrogens is 492 g/mol. The van der Waals surface area contributed by atoms with Crippen molar-refractivity contribution in [3.05, 3.63) is 47.5 Å². The monoisotopic (exact) mass is 517 g/mol. The van der Waals surface area contributed by atoms with Crippen LogP contribution in [0.2, 0.25) is 5.15 Å². The predicted molar refractivity (Wildman–Crippen MR) is 131 cm³/mol. The zero-order valence-electron chi connectivity index (χ0n) is 19.4. The Morgan fingerprint density at radius 2 is 1.81 bits per heavy atom. The average Bonchev–Trinajstić information content (AvgIpc) is 2.86. The summed E-state index contributed by atoms with van der Waals surface area (Å²) in [7, 11) is 0. The molecule has 1 saturated carbocycles. The molecule has 0 aromatic carbocycles. The van der Waals surface area contributed by atoms with Gasteiger partial charge in [-0.1, -0.05) is 11.6 Å². The molecule has 0 atom stereocenters. The summed E-state index contributed by atoms with van der Waals surface area (Å²) in [5.41, 5.74) is 0.135. The predicted octanol–water partition coefficient (Wildman–Crippen LogP) is 3.76. The molecule has 0 unspecified atom stereocenters. The summed E-state index contributed by atoms with van der Waals surface area (Å²) in [5, 5.41) is 10.2. The van der Waals surface area contributed by atoms with E-state index in [4.69, 9.17) is 16.3 Å². The fourth-order valence-corrected chi connectivity index (χ4v) is 4.57. The third-order valence-electron chi connectivity index (χ3n) is 6.58. The number of ether oxygens (including phenoxy) is 1. The van der Waals surface area contributed by atoms with Crippen molar-refractivity contribution in [3.8, 4) is 0 Å². The first-order valence-corrected chi connectivity index (χ1v) is 12.3. The smallest absolute Gasteiger partial charge is 0.352 e. The van der Waals surface area contributed by atoms with Gasteiger partial charge in [0.25, 0.3) is 5.91 Å². The molecular formula is C24H26ClF2N7O2. The Kier molecular flexibility index (Phi) is 7.10. The standard InChI is InChI=1S/C24H26ClF2N7O2/c25-21-20-15(7-8-28-21)3-6-19(34-20)32-17-4-1-14(2-5-17)9-29-23-30-10-16(11-31-23)24(26,27)22(35)33-18-12-36-13-18/h3,6-8,10-11,14,17-18H,1-2,4-5,9,12-13H2,(H,32,34)(H,33,35)(H,29,30,31). The van der Waals surface area contributed by atoms with Gasteiger partial charge in [-0.15, -0.1) is 0 Å². The van der Waals surface area contributed by atoms with Crippen molar-refractivity contribution >= 4 is 40.2 Å². The van der Waals surface area contributed by atoms with Crippen molar-refractivity contribution in [2.75, 3.05) is 30.4 Å². The number of amides is 1. The molecule has 3 aromatic rings. The molecule has 1 aliphatic heterocycles. The summed E-state index contributed by atoms with van der Waals surface area (Å²) < 4.78 is 33.7. The summed E-state index contributed by atoms with van der Waals surface area (Å²) in [6.45, 7) is 1.12. The van der Waals surface area contributed by atoms with Crippen molar-refractivity contribution in [2.45, 2.75) is 43.7 Å². The molecule has 2 fully saturated rings. The molecule has 0 bridgehead atoms. The zero-order chi connectivity index (χ0) is 25.1. The number of carbonyl (C=O) groups is 1. The van der Waals surface area contributed by atoms with Crippen LogP contribution < -0.4 is 16.0 Å². The minimum atomic E-state index is -3.71. The summed E-state index contributed by atoms with van der Waals surface area (Å²) in [4.78, 5) is 28.6. The number of rotatable bonds is 8. The largest absolute Gasteiger partial charge is 0.377 e. The summed E-state index contributed by atoms with van der Waals surface area (Å²) in [6.07, 6.45) is 7.56. The van der Waals surface area contributed by atoms with Crippen LogP contribution in [0.25, 0.3) is 10.9 Å². The van der Waals surface area contributed by atoms with E-state index in [0.29, 0.717) is 29.2 Å². The number of hydrogen-bond acceptors (Lipinski definition) is 8. The highest BCUT2D eigenvalue weighted by molar-refractivity contribution is 6.33. The Labute approximate surface area is 211 Å². The van der Waals surface area contributed by atoms with Crippen LogP contribution >= 0.6 is 11.6 Å². The molecule has 36 heavy (non-hydrogen) atoms. The van der Waals surface area contributed by atoms with Crippen molar-refractivity contribution in [2.24, 2.45) is 5.92 Å². The van der Waals surface area contributed by atoms with Crippen molar-refractivity contribution < 1.29 is 18.3 Å². The third-order valence-corrected chi connectivity index (χ3v) is 6.86. The van der Waals surface area contributed by atoms with E-state index in [1.165, 1.54) is 0 Å². The molecule has 5 rings (SSSR count). The quantitative estimate of drug-likeness (QED) is 0.387. The fraction of sp³-hybridized carbons (Fsp3) is 0.458. The highest BCUT2D eigenvalue weighted by Gasteiger charge is 2.43. The van der Waals surface area contributed by atoms with Crippen LogP contribution in [0.15, 0.2) is 36.8 Å². The van der Waals surface area contributed by atoms with E-state index < -0.39 is 17.4 Å². The van der Waals surface area contributed by atoms with Gasteiger partial charge in [-0.05, 0) is 49.8 Å². The number of hydrogen-bond donors (Lipinski definition) is 3. The van der Waals surface area contributed by atoms with E-state index in [0.717, 1.165) is 49.3 Å². The topological polar surface area (TPSA) is 114 Å². The summed E-state index contributed by atoms with van der Waals surface area (Å²) >= 11 is 6.17. The number of fused-ring (bicyclic) bond motifs is 1. The van der Waals surface area contributed by atoms with E-state index in [-0.39, 0.29) is 25.2 Å². The van der Waals surface area contributed by atoms with E-state index in [1.54, 1.807) is 6.20 Å². The van der Waals surface area contributed by atoms with Gasteiger partial charge in [0, 0.05) is 36.6 Å². The average molecular weight is 518 g/mol. The minimum absolute atomic E-state index is 0.242. The molecule has 2 aliphatic rings. The van der Waals surface area contributed by atoms with Crippen molar-refractivity contribution in [3.63, 3.8) is 0 Å². The van der Waals surface area contributed by atoms with Crippen LogP contribution in [0.1, 0.15) is 31.2 Å². The lowest BCUT2D eigenvalue weighted by atomic mass is 9.86. The van der Waals surface area contributed by atoms with Crippen LogP contribution in [0.5, 0.6) is 0 Å². The lowest BCUT2D eigenvalue weighted by molar-refractivity contribution is -0.151. The number of pyridine rings is 2. The Balaban J connectivity index is 1.08. The van der Waals surface area contributed by atoms with E-state index in [2.05, 4.69) is 35.9 Å². The molecule has 9 nitrogen and oxygen atoms in total. The number of nitrogens with one attached hydrogen (secondary N) is 3. The summed E-state index contributed by atoms with van der Waals surface area (Å²) in [5.74, 6) is -3.63. The Bertz CT molecular complexity index is 1220. The number of alkyl halides is 2. The minimum Gasteiger partial charge on any atom is -0.377 e. The number of halogens is 3. The first kappa shape index (κ1) is 24.5. The molecule has 190 valence electrons. The molecule has 3 aromatic heterocycles. The molecule has 12 heteroatoms. The van der Waals surface area contributed by atoms with Crippen molar-refractivity contribution in [1.29, 1.82) is 0 Å². The molecule has 1 saturated heterocycles. The van der Waals surface area contributed by atoms with Gasteiger partial charge < -0.3 is 20.7 Å². The molecule has 4 heterocycles. The lowest BCUT2D eigenvalue weighted by Crippen LogP contribution is -2.52. The first-order chi connectivity index (χ1) is 17.4.